The molecule has 1 amide bonds. The minimum absolute atomic E-state index is 0.298. The topological polar surface area (TPSA) is 111 Å². The number of nitrogens with zero attached hydrogens (tertiary/aromatic N) is 1. The van der Waals surface area contributed by atoms with Gasteiger partial charge in [0.05, 0.1) is 18.8 Å². The highest BCUT2D eigenvalue weighted by Gasteiger charge is 2.33. The monoisotopic (exact) mass is 514 g/mol. The van der Waals surface area contributed by atoms with Crippen molar-refractivity contribution >= 4 is 34.4 Å². The van der Waals surface area contributed by atoms with Crippen molar-refractivity contribution in [3.8, 4) is 0 Å². The van der Waals surface area contributed by atoms with E-state index in [1.54, 1.807) is 18.3 Å². The average Bonchev–Trinajstić information content (AvgIpc) is 2.86. The number of carbonyl (C=O) groups excluding carboxylic acids is 1. The number of ether oxygens (including phenoxy) is 2. The van der Waals surface area contributed by atoms with Crippen molar-refractivity contribution in [3.05, 3.63) is 88.2 Å². The van der Waals surface area contributed by atoms with Crippen LogP contribution in [0.3, 0.4) is 0 Å². The minimum atomic E-state index is -1.22. The molecule has 3 N–H and O–H groups in total. The van der Waals surface area contributed by atoms with E-state index in [1.807, 2.05) is 58.1 Å². The highest BCUT2D eigenvalue weighted by atomic mass is 16.5. The van der Waals surface area contributed by atoms with Gasteiger partial charge in [0.25, 0.3) is 0 Å². The maximum absolute atomic E-state index is 12.7. The Morgan fingerprint density at radius 2 is 1.97 bits per heavy atom. The molecule has 7 nitrogen and oxygen atoms in total. The molecule has 4 rings (SSSR count). The molecule has 2 aliphatic rings. The van der Waals surface area contributed by atoms with Crippen LogP contribution in [0.25, 0.3) is 16.3 Å². The fraction of sp³-hybridized carbons (Fsp3) is 0.323. The Kier molecular flexibility index (Phi) is 7.69. The van der Waals surface area contributed by atoms with E-state index in [-0.39, 0.29) is 0 Å². The summed E-state index contributed by atoms with van der Waals surface area (Å²) < 4.78 is 12.1. The number of carbonyl (C=O) groups is 2. The van der Waals surface area contributed by atoms with Gasteiger partial charge in [0, 0.05) is 29.3 Å². The third-order valence-corrected chi connectivity index (χ3v) is 7.16. The van der Waals surface area contributed by atoms with Crippen molar-refractivity contribution in [2.45, 2.75) is 52.2 Å². The van der Waals surface area contributed by atoms with E-state index < -0.39 is 23.6 Å². The second-order valence-electron chi connectivity index (χ2n) is 10.2. The molecule has 2 aromatic rings. The van der Waals surface area contributed by atoms with Crippen molar-refractivity contribution in [1.82, 2.24) is 0 Å². The SMILES string of the molecule is C=C1/C2=C\C=N/C/C(c3c([C@H](OC(C)(C)CC)C(=O)O)c(C)cc4cc(C(N)=O)ccc34)=C\C=C/1OCC2. The number of aliphatic imine (C=N–C) groups is 1. The number of amides is 1. The number of aliphatic carboxylic acids is 1. The Bertz CT molecular complexity index is 1440. The predicted octanol–water partition coefficient (Wildman–Crippen LogP) is 5.83. The zero-order valence-corrected chi connectivity index (χ0v) is 22.3. The smallest absolute Gasteiger partial charge is 0.337 e. The number of benzene rings is 2. The van der Waals surface area contributed by atoms with Crippen LogP contribution in [-0.2, 0) is 14.3 Å². The molecule has 0 aromatic heterocycles. The summed E-state index contributed by atoms with van der Waals surface area (Å²) >= 11 is 0. The highest BCUT2D eigenvalue weighted by Crippen LogP contribution is 2.39. The number of allylic oxidation sites excluding steroid dienone is 4. The number of primary amides is 1. The van der Waals surface area contributed by atoms with Crippen LogP contribution >= 0.6 is 0 Å². The lowest BCUT2D eigenvalue weighted by molar-refractivity contribution is -0.162. The Hall–Kier alpha value is -3.97. The first kappa shape index (κ1) is 27.1. The summed E-state index contributed by atoms with van der Waals surface area (Å²) in [5.41, 5.74) is 9.90. The lowest BCUT2D eigenvalue weighted by Gasteiger charge is -2.31. The van der Waals surface area contributed by atoms with Crippen LogP contribution in [0.15, 0.2) is 71.0 Å². The summed E-state index contributed by atoms with van der Waals surface area (Å²) in [5.74, 6) is -0.944. The molecule has 198 valence electrons. The van der Waals surface area contributed by atoms with Gasteiger partial charge in [-0.3, -0.25) is 9.79 Å². The third-order valence-electron chi connectivity index (χ3n) is 7.16. The molecule has 0 unspecified atom stereocenters. The number of carboxylic acids is 1. The van der Waals surface area contributed by atoms with Crippen LogP contribution in [0.5, 0.6) is 0 Å². The maximum Gasteiger partial charge on any atom is 0.337 e. The third kappa shape index (κ3) is 5.48. The van der Waals surface area contributed by atoms with Crippen molar-refractivity contribution in [2.75, 3.05) is 13.2 Å². The Labute approximate surface area is 223 Å². The molecule has 0 spiro atoms. The van der Waals surface area contributed by atoms with E-state index in [0.29, 0.717) is 42.0 Å². The van der Waals surface area contributed by atoms with Gasteiger partial charge in [0.1, 0.15) is 5.76 Å². The van der Waals surface area contributed by atoms with Gasteiger partial charge < -0.3 is 20.3 Å². The summed E-state index contributed by atoms with van der Waals surface area (Å²) in [7, 11) is 0. The molecule has 2 heterocycles. The first-order valence-electron chi connectivity index (χ1n) is 12.7. The summed E-state index contributed by atoms with van der Waals surface area (Å²) in [5, 5.41) is 11.9. The minimum Gasteiger partial charge on any atom is -0.493 e. The lowest BCUT2D eigenvalue weighted by Crippen LogP contribution is -2.30. The summed E-state index contributed by atoms with van der Waals surface area (Å²) in [6, 6.07) is 7.07. The Morgan fingerprint density at radius 1 is 1.21 bits per heavy atom. The van der Waals surface area contributed by atoms with Crippen LogP contribution in [0.2, 0.25) is 0 Å². The molecular weight excluding hydrogens is 480 g/mol. The van der Waals surface area contributed by atoms with Gasteiger partial charge in [-0.25, -0.2) is 4.79 Å². The number of hydrogen-bond donors (Lipinski definition) is 2. The fourth-order valence-corrected chi connectivity index (χ4v) is 4.72. The average molecular weight is 515 g/mol. The molecule has 0 saturated carbocycles. The Morgan fingerprint density at radius 3 is 2.66 bits per heavy atom. The highest BCUT2D eigenvalue weighted by molar-refractivity contribution is 6.03. The van der Waals surface area contributed by atoms with Crippen molar-refractivity contribution in [1.29, 1.82) is 0 Å². The largest absolute Gasteiger partial charge is 0.493 e. The fourth-order valence-electron chi connectivity index (χ4n) is 4.72. The molecule has 1 atom stereocenters. The first-order chi connectivity index (χ1) is 18.0. The van der Waals surface area contributed by atoms with Gasteiger partial charge in [-0.2, -0.15) is 0 Å². The zero-order chi connectivity index (χ0) is 27.6. The summed E-state index contributed by atoms with van der Waals surface area (Å²) in [6.07, 6.45) is 7.66. The van der Waals surface area contributed by atoms with Gasteiger partial charge in [0.2, 0.25) is 5.91 Å². The molecule has 1 saturated heterocycles. The van der Waals surface area contributed by atoms with Gasteiger partial charge in [-0.05, 0) is 84.5 Å². The number of nitrogens with two attached hydrogens (primary N) is 1. The second-order valence-corrected chi connectivity index (χ2v) is 10.2. The van der Waals surface area contributed by atoms with Crippen LogP contribution in [-0.4, -0.2) is 42.0 Å². The van der Waals surface area contributed by atoms with Crippen LogP contribution in [0.1, 0.15) is 66.8 Å². The molecule has 7 heteroatoms. The molecular formula is C31H34N2O5. The van der Waals surface area contributed by atoms with Gasteiger partial charge in [-0.1, -0.05) is 31.7 Å². The summed E-state index contributed by atoms with van der Waals surface area (Å²) in [6.45, 7) is 12.6. The van der Waals surface area contributed by atoms with Crippen LogP contribution < -0.4 is 5.73 Å². The van der Waals surface area contributed by atoms with Crippen molar-refractivity contribution < 1.29 is 24.2 Å². The lowest BCUT2D eigenvalue weighted by atomic mass is 9.85. The molecule has 0 aliphatic carbocycles. The zero-order valence-electron chi connectivity index (χ0n) is 22.3. The number of rotatable bonds is 7. The van der Waals surface area contributed by atoms with Crippen LogP contribution in [0.4, 0.5) is 0 Å². The quantitative estimate of drug-likeness (QED) is 0.483. The van der Waals surface area contributed by atoms with Gasteiger partial charge >= 0.3 is 5.97 Å². The van der Waals surface area contributed by atoms with Gasteiger partial charge in [-0.15, -0.1) is 0 Å². The molecule has 1 fully saturated rings. The first-order valence-corrected chi connectivity index (χ1v) is 12.7. The normalized spacial score (nSPS) is 21.7. The number of aryl methyl sites for hydroxylation is 1. The number of hydrogen-bond acceptors (Lipinski definition) is 5. The van der Waals surface area contributed by atoms with Gasteiger partial charge in [0.15, 0.2) is 6.10 Å². The maximum atomic E-state index is 12.7. The number of carboxylic acid groups (broad SMARTS) is 1. The Balaban J connectivity index is 2.03. The van der Waals surface area contributed by atoms with E-state index in [2.05, 4.69) is 11.6 Å². The molecule has 0 radical (unpaired) electrons. The standard InChI is InChI=1S/C31H34N2O5/c1-6-31(4,5)38-28(30(35)36)26-18(2)15-23-16-21(29(32)34)7-9-24(23)27(26)22-8-10-25-19(3)20(12-14-37-25)11-13-33-17-22/h7-11,13,15-16,28H,3,6,12,14,17H2,1-2,4-5H3,(H2,32,34)(H,35,36)/b20-11-,22-8+,25-10+,33-13-/t28-/m0/s1. The van der Waals surface area contributed by atoms with E-state index in [0.717, 1.165) is 39.5 Å². The molecule has 38 heavy (non-hydrogen) atoms. The second kappa shape index (κ2) is 10.8. The van der Waals surface area contributed by atoms with Crippen molar-refractivity contribution in [3.63, 3.8) is 0 Å². The van der Waals surface area contributed by atoms with Crippen molar-refractivity contribution in [2.24, 2.45) is 10.7 Å². The summed E-state index contributed by atoms with van der Waals surface area (Å²) in [4.78, 5) is 29.2. The molecule has 2 aromatic carbocycles. The molecule has 2 aliphatic heterocycles. The molecule has 2 bridgehead atoms. The van der Waals surface area contributed by atoms with E-state index in [1.165, 1.54) is 0 Å². The van der Waals surface area contributed by atoms with E-state index in [4.69, 9.17) is 15.2 Å². The number of fused-ring (bicyclic) bond motifs is 3. The van der Waals surface area contributed by atoms with E-state index in [9.17, 15) is 14.7 Å². The predicted molar refractivity (Wildman–Crippen MR) is 150 cm³/mol. The van der Waals surface area contributed by atoms with E-state index >= 15 is 0 Å². The van der Waals surface area contributed by atoms with Crippen LogP contribution in [0, 0.1) is 6.92 Å².